The average molecular weight is 332 g/mol. The number of ketones is 1. The second-order valence-electron chi connectivity index (χ2n) is 4.66. The second kappa shape index (κ2) is 7.31. The van der Waals surface area contributed by atoms with Crippen LogP contribution in [0.1, 0.15) is 31.7 Å². The molecule has 0 bridgehead atoms. The van der Waals surface area contributed by atoms with Crippen molar-refractivity contribution >= 4 is 23.4 Å². The van der Waals surface area contributed by atoms with Gasteiger partial charge in [-0.1, -0.05) is 23.7 Å². The number of hydrogen-bond donors (Lipinski definition) is 0. The van der Waals surface area contributed by atoms with Crippen molar-refractivity contribution in [1.82, 2.24) is 0 Å². The third-order valence-corrected chi connectivity index (χ3v) is 3.31. The number of halogens is 2. The van der Waals surface area contributed by atoms with Gasteiger partial charge in [0.25, 0.3) is 0 Å². The lowest BCUT2D eigenvalue weighted by Crippen LogP contribution is -2.49. The highest BCUT2D eigenvalue weighted by Crippen LogP contribution is 2.37. The highest BCUT2D eigenvalue weighted by molar-refractivity contribution is 6.30. The van der Waals surface area contributed by atoms with Gasteiger partial charge in [-0.2, -0.15) is 4.39 Å². The minimum Gasteiger partial charge on any atom is -0.458 e. The Hall–Kier alpha value is -2.02. The summed E-state index contributed by atoms with van der Waals surface area (Å²) in [4.78, 5) is 33.0. The zero-order chi connectivity index (χ0) is 16.9. The fraction of sp³-hybridized carbons (Fsp3) is 0.429. The van der Waals surface area contributed by atoms with E-state index in [-0.39, 0.29) is 12.2 Å². The molecule has 0 radical (unpaired) electrons. The number of nitro groups is 1. The Bertz CT molecular complexity index is 577. The number of Topliss-reactive ketones (excluding diaryl/α,β-unsaturated/α-hetero) is 1. The maximum absolute atomic E-state index is 14.9. The van der Waals surface area contributed by atoms with Gasteiger partial charge in [-0.25, -0.2) is 4.79 Å². The lowest BCUT2D eigenvalue weighted by atomic mass is 9.85. The van der Waals surface area contributed by atoms with Crippen LogP contribution < -0.4 is 0 Å². The van der Waals surface area contributed by atoms with Crippen LogP contribution in [0.3, 0.4) is 0 Å². The summed E-state index contributed by atoms with van der Waals surface area (Å²) in [6.07, 6.45) is -0.516. The van der Waals surface area contributed by atoms with Gasteiger partial charge >= 0.3 is 11.8 Å². The van der Waals surface area contributed by atoms with Crippen LogP contribution in [0.15, 0.2) is 24.3 Å². The number of carbonyl (C=O) groups is 2. The zero-order valence-corrected chi connectivity index (χ0v) is 12.8. The van der Waals surface area contributed by atoms with Crippen molar-refractivity contribution in [2.24, 2.45) is 0 Å². The summed E-state index contributed by atoms with van der Waals surface area (Å²) in [5, 5.41) is 11.5. The average Bonchev–Trinajstić information content (AvgIpc) is 2.44. The van der Waals surface area contributed by atoms with Crippen LogP contribution in [0.5, 0.6) is 0 Å². The van der Waals surface area contributed by atoms with E-state index in [1.807, 2.05) is 0 Å². The minimum atomic E-state index is -3.55. The van der Waals surface area contributed by atoms with Gasteiger partial charge in [0.05, 0.1) is 11.5 Å². The van der Waals surface area contributed by atoms with Gasteiger partial charge < -0.3 is 4.74 Å². The van der Waals surface area contributed by atoms with E-state index in [9.17, 15) is 24.1 Å². The number of rotatable bonds is 7. The number of alkyl halides is 1. The molecule has 0 fully saturated rings. The molecule has 1 aromatic rings. The van der Waals surface area contributed by atoms with Gasteiger partial charge in [0.2, 0.25) is 0 Å². The topological polar surface area (TPSA) is 86.5 Å². The molecule has 2 atom stereocenters. The van der Waals surface area contributed by atoms with Gasteiger partial charge in [0.1, 0.15) is 11.7 Å². The number of ether oxygens (including phenoxy) is 1. The number of benzene rings is 1. The van der Waals surface area contributed by atoms with Gasteiger partial charge in [0, 0.05) is 11.4 Å². The summed E-state index contributed by atoms with van der Waals surface area (Å²) in [5.74, 6) is -7.26. The largest absolute Gasteiger partial charge is 0.461 e. The lowest BCUT2D eigenvalue weighted by molar-refractivity contribution is -0.594. The van der Waals surface area contributed by atoms with E-state index in [0.717, 1.165) is 6.92 Å². The first-order chi connectivity index (χ1) is 10.2. The first-order valence-corrected chi connectivity index (χ1v) is 6.86. The number of esters is 1. The highest BCUT2D eigenvalue weighted by atomic mass is 35.5. The molecule has 22 heavy (non-hydrogen) atoms. The molecule has 0 N–H and O–H groups in total. The van der Waals surface area contributed by atoms with E-state index < -0.39 is 34.8 Å². The third kappa shape index (κ3) is 3.79. The van der Waals surface area contributed by atoms with E-state index in [1.165, 1.54) is 31.2 Å². The Morgan fingerprint density at radius 1 is 1.41 bits per heavy atom. The van der Waals surface area contributed by atoms with Crippen LogP contribution in [-0.2, 0) is 14.3 Å². The van der Waals surface area contributed by atoms with Gasteiger partial charge in [-0.3, -0.25) is 14.9 Å². The van der Waals surface area contributed by atoms with E-state index in [0.29, 0.717) is 5.02 Å². The van der Waals surface area contributed by atoms with Gasteiger partial charge in [0.15, 0.2) is 0 Å². The van der Waals surface area contributed by atoms with Crippen LogP contribution in [-0.4, -0.2) is 29.1 Å². The fourth-order valence-electron chi connectivity index (χ4n) is 2.03. The van der Waals surface area contributed by atoms with Crippen LogP contribution in [0.25, 0.3) is 0 Å². The Morgan fingerprint density at radius 3 is 2.36 bits per heavy atom. The van der Waals surface area contributed by atoms with Crippen molar-refractivity contribution in [3.63, 3.8) is 0 Å². The summed E-state index contributed by atoms with van der Waals surface area (Å²) in [6, 6.07) is 5.48. The van der Waals surface area contributed by atoms with Crippen LogP contribution in [0.4, 0.5) is 4.39 Å². The van der Waals surface area contributed by atoms with Crippen molar-refractivity contribution < 1.29 is 23.6 Å². The summed E-state index contributed by atoms with van der Waals surface area (Å²) in [5.41, 5.74) is 0.117. The molecule has 0 aliphatic heterocycles. The fourth-order valence-corrected chi connectivity index (χ4v) is 2.16. The van der Waals surface area contributed by atoms with Crippen molar-refractivity contribution in [2.75, 3.05) is 6.61 Å². The SMILES string of the molecule is CCOC(=O)[C@](F)([C@H](CC(C)=O)c1ccc(Cl)cc1)[N+](=O)[O-]. The van der Waals surface area contributed by atoms with E-state index in [2.05, 4.69) is 4.74 Å². The van der Waals surface area contributed by atoms with Crippen LogP contribution in [0.2, 0.25) is 5.02 Å². The van der Waals surface area contributed by atoms with Crippen molar-refractivity contribution in [2.45, 2.75) is 32.0 Å². The summed E-state index contributed by atoms with van der Waals surface area (Å²) in [6.45, 7) is 2.35. The molecule has 1 aromatic carbocycles. The molecule has 0 saturated heterocycles. The predicted octanol–water partition coefficient (Wildman–Crippen LogP) is 2.91. The summed E-state index contributed by atoms with van der Waals surface area (Å²) in [7, 11) is 0. The second-order valence-corrected chi connectivity index (χ2v) is 5.10. The molecular formula is C14H15ClFNO5. The molecule has 8 heteroatoms. The van der Waals surface area contributed by atoms with Crippen molar-refractivity contribution in [3.8, 4) is 0 Å². The quantitative estimate of drug-likeness (QED) is 0.332. The summed E-state index contributed by atoms with van der Waals surface area (Å²) < 4.78 is 19.4. The molecule has 0 aliphatic rings. The number of nitrogens with zero attached hydrogens (tertiary/aromatic N) is 1. The first-order valence-electron chi connectivity index (χ1n) is 6.49. The maximum atomic E-state index is 14.9. The highest BCUT2D eigenvalue weighted by Gasteiger charge is 2.61. The molecule has 0 amide bonds. The molecule has 0 spiro atoms. The van der Waals surface area contributed by atoms with Gasteiger partial charge in [-0.15, -0.1) is 0 Å². The van der Waals surface area contributed by atoms with Crippen molar-refractivity contribution in [1.29, 1.82) is 0 Å². The normalized spacial score (nSPS) is 14.7. The molecule has 0 aromatic heterocycles. The zero-order valence-electron chi connectivity index (χ0n) is 12.0. The third-order valence-electron chi connectivity index (χ3n) is 3.05. The smallest absolute Gasteiger partial charge is 0.458 e. The van der Waals surface area contributed by atoms with Crippen LogP contribution >= 0.6 is 11.6 Å². The summed E-state index contributed by atoms with van der Waals surface area (Å²) >= 11 is 5.72. The molecule has 0 unspecified atom stereocenters. The lowest BCUT2D eigenvalue weighted by Gasteiger charge is -2.24. The molecule has 0 heterocycles. The monoisotopic (exact) mass is 331 g/mol. The molecule has 120 valence electrons. The number of carbonyl (C=O) groups excluding carboxylic acids is 2. The van der Waals surface area contributed by atoms with E-state index in [1.54, 1.807) is 0 Å². The Balaban J connectivity index is 3.38. The standard InChI is InChI=1S/C14H15ClFNO5/c1-3-22-13(19)14(16,17(20)21)12(8-9(2)18)10-4-6-11(15)7-5-10/h4-7,12H,3,8H2,1-2H3/t12-,14+/m1/s1. The molecule has 0 aliphatic carbocycles. The minimum absolute atomic E-state index is 0.117. The van der Waals surface area contributed by atoms with Crippen molar-refractivity contribution in [3.05, 3.63) is 45.0 Å². The Kier molecular flexibility index (Phi) is 5.99. The Labute approximate surface area is 131 Å². The van der Waals surface area contributed by atoms with E-state index in [4.69, 9.17) is 11.6 Å². The first kappa shape index (κ1) is 18.0. The van der Waals surface area contributed by atoms with Gasteiger partial charge in [-0.05, 0) is 31.5 Å². The van der Waals surface area contributed by atoms with Crippen LogP contribution in [0, 0.1) is 10.1 Å². The maximum Gasteiger partial charge on any atom is 0.461 e. The molecule has 1 rings (SSSR count). The predicted molar refractivity (Wildman–Crippen MR) is 77.0 cm³/mol. The molecule has 0 saturated carbocycles. The molecule has 6 nitrogen and oxygen atoms in total. The van der Waals surface area contributed by atoms with E-state index >= 15 is 0 Å². The number of hydrogen-bond acceptors (Lipinski definition) is 5. The molecular weight excluding hydrogens is 317 g/mol. The Morgan fingerprint density at radius 2 is 1.95 bits per heavy atom.